The van der Waals surface area contributed by atoms with Gasteiger partial charge in [0.25, 0.3) is 7.28 Å². The summed E-state index contributed by atoms with van der Waals surface area (Å²) in [5.74, 6) is 0.581. The lowest BCUT2D eigenvalue weighted by molar-refractivity contribution is -0.115. The summed E-state index contributed by atoms with van der Waals surface area (Å²) in [5.41, 5.74) is 0. The molecule has 0 heterocycles. The number of hydrogen-bond acceptors (Lipinski definition) is 2. The third-order valence-corrected chi connectivity index (χ3v) is 0.778. The van der Waals surface area contributed by atoms with Gasteiger partial charge in [0.15, 0.2) is 5.81 Å². The fourth-order valence-corrected chi connectivity index (χ4v) is 0.371. The molecule has 2 amide bonds. The highest BCUT2D eigenvalue weighted by molar-refractivity contribution is 6.78. The van der Waals surface area contributed by atoms with Crippen molar-refractivity contribution in [3.05, 3.63) is 25.2 Å². The molecule has 1 N–H and O–H groups in total. The average Bonchev–Trinajstić information content (AvgIpc) is 1.88. The Morgan fingerprint density at radius 3 is 2.40 bits per heavy atom. The van der Waals surface area contributed by atoms with E-state index in [-0.39, 0.29) is 13.1 Å². The summed E-state index contributed by atoms with van der Waals surface area (Å²) in [5, 5.41) is 2.06. The zero-order valence-electron chi connectivity index (χ0n) is 5.59. The first-order valence-corrected chi connectivity index (χ1v) is 2.78. The van der Waals surface area contributed by atoms with Crippen LogP contribution in [0.15, 0.2) is 25.2 Å². The van der Waals surface area contributed by atoms with Crippen LogP contribution in [-0.2, 0) is 4.79 Å². The maximum Gasteiger partial charge on any atom is 0.259 e. The monoisotopic (exact) mass is 137 g/mol. The Hall–Kier alpha value is -1.32. The first-order valence-electron chi connectivity index (χ1n) is 2.78. The van der Waals surface area contributed by atoms with Crippen LogP contribution in [0.4, 0.5) is 4.79 Å². The van der Waals surface area contributed by atoms with E-state index in [0.717, 1.165) is 6.08 Å². The lowest BCUT2D eigenvalue weighted by Crippen LogP contribution is -2.30. The van der Waals surface area contributed by atoms with Crippen LogP contribution >= 0.6 is 0 Å². The van der Waals surface area contributed by atoms with Gasteiger partial charge in [0.05, 0.1) is 0 Å². The Balaban J connectivity index is 3.67. The molecule has 0 atom stereocenters. The number of carbonyl (C=O) groups excluding carboxylic acids is 2. The summed E-state index contributed by atoms with van der Waals surface area (Å²) in [6.07, 6.45) is 1.04. The van der Waals surface area contributed by atoms with Crippen molar-refractivity contribution in [2.45, 2.75) is 0 Å². The predicted molar refractivity (Wildman–Crippen MR) is 41.1 cm³/mol. The molecule has 10 heavy (non-hydrogen) atoms. The third kappa shape index (κ3) is 3.66. The Morgan fingerprint density at radius 1 is 1.40 bits per heavy atom. The zero-order chi connectivity index (χ0) is 7.98. The van der Waals surface area contributed by atoms with Crippen molar-refractivity contribution in [2.75, 3.05) is 0 Å². The number of hydrogen-bond donors (Lipinski definition) is 1. The average molecular weight is 137 g/mol. The van der Waals surface area contributed by atoms with E-state index in [9.17, 15) is 9.59 Å². The van der Waals surface area contributed by atoms with Gasteiger partial charge in [-0.3, -0.25) is 9.59 Å². The third-order valence-electron chi connectivity index (χ3n) is 0.778. The highest BCUT2D eigenvalue weighted by atomic mass is 16.2. The highest BCUT2D eigenvalue weighted by Gasteiger charge is 2.01. The second-order valence-electron chi connectivity index (χ2n) is 1.61. The van der Waals surface area contributed by atoms with Crippen LogP contribution in [0.5, 0.6) is 0 Å². The molecule has 4 heteroatoms. The molecular formula is C6H8BNO2. The van der Waals surface area contributed by atoms with Crippen LogP contribution in [0, 0.1) is 0 Å². The molecule has 3 nitrogen and oxygen atoms in total. The molecule has 0 bridgehead atoms. The van der Waals surface area contributed by atoms with Crippen LogP contribution < -0.4 is 5.32 Å². The summed E-state index contributed by atoms with van der Waals surface area (Å²) in [4.78, 5) is 21.0. The van der Waals surface area contributed by atoms with Crippen molar-refractivity contribution in [1.29, 1.82) is 0 Å². The molecule has 0 aromatic carbocycles. The van der Waals surface area contributed by atoms with Crippen molar-refractivity contribution < 1.29 is 9.59 Å². The Kier molecular flexibility index (Phi) is 3.95. The Morgan fingerprint density at radius 2 is 2.00 bits per heavy atom. The molecule has 0 fully saturated rings. The Bertz CT molecular complexity index is 177. The molecule has 0 aliphatic heterocycles. The van der Waals surface area contributed by atoms with Crippen molar-refractivity contribution in [2.24, 2.45) is 0 Å². The molecule has 0 saturated carbocycles. The number of rotatable bonds is 3. The molecular weight excluding hydrogens is 129 g/mol. The number of nitrogens with one attached hydrogen (secondary N) is 1. The van der Waals surface area contributed by atoms with Gasteiger partial charge in [-0.2, -0.15) is 0 Å². The Labute approximate surface area is 60.0 Å². The topological polar surface area (TPSA) is 46.2 Å². The molecule has 0 rings (SSSR count). The molecule has 0 saturated heterocycles. The highest BCUT2D eigenvalue weighted by Crippen LogP contribution is 1.71. The van der Waals surface area contributed by atoms with E-state index in [1.807, 2.05) is 0 Å². The van der Waals surface area contributed by atoms with Gasteiger partial charge >= 0.3 is 0 Å². The van der Waals surface area contributed by atoms with Crippen molar-refractivity contribution in [3.8, 4) is 0 Å². The number of imide groups is 1. The van der Waals surface area contributed by atoms with Gasteiger partial charge in [-0.1, -0.05) is 6.58 Å². The summed E-state index contributed by atoms with van der Waals surface area (Å²) in [7, 11) is 0.152. The van der Waals surface area contributed by atoms with E-state index in [1.165, 1.54) is 5.98 Å². The minimum atomic E-state index is -0.480. The van der Waals surface area contributed by atoms with Gasteiger partial charge in [-0.25, -0.2) is 0 Å². The minimum Gasteiger partial charge on any atom is -0.302 e. The first kappa shape index (κ1) is 8.68. The van der Waals surface area contributed by atoms with Crippen molar-refractivity contribution in [1.82, 2.24) is 5.32 Å². The zero-order valence-corrected chi connectivity index (χ0v) is 5.59. The van der Waals surface area contributed by atoms with Crippen LogP contribution in [0.3, 0.4) is 0 Å². The van der Waals surface area contributed by atoms with Crippen LogP contribution in [0.25, 0.3) is 0 Å². The quantitative estimate of drug-likeness (QED) is 0.439. The van der Waals surface area contributed by atoms with E-state index in [4.69, 9.17) is 0 Å². The molecule has 0 aliphatic carbocycles. The van der Waals surface area contributed by atoms with E-state index in [2.05, 4.69) is 18.5 Å². The van der Waals surface area contributed by atoms with E-state index >= 15 is 0 Å². The molecule has 0 aromatic heterocycles. The summed E-state index contributed by atoms with van der Waals surface area (Å²) in [6, 6.07) is 0. The normalized spacial score (nSPS) is 7.60. The van der Waals surface area contributed by atoms with Crippen LogP contribution in [0.2, 0.25) is 0 Å². The SMILES string of the molecule is C=CBC(=O)NC(=O)C=C. The predicted octanol–water partition coefficient (Wildman–Crippen LogP) is -0.0114. The second kappa shape index (κ2) is 4.55. The molecule has 52 valence electrons. The van der Waals surface area contributed by atoms with Gasteiger partial charge < -0.3 is 5.32 Å². The van der Waals surface area contributed by atoms with E-state index < -0.39 is 5.91 Å². The largest absolute Gasteiger partial charge is 0.302 e. The second-order valence-corrected chi connectivity index (χ2v) is 1.61. The standard InChI is InChI=1S/C6H8BNO2/c1-3-5(9)8-6(10)7-4-2/h3-4,7H,1-2H2,(H,8,9,10). The fourth-order valence-electron chi connectivity index (χ4n) is 0.371. The molecule has 0 radical (unpaired) electrons. The van der Waals surface area contributed by atoms with Gasteiger partial charge in [-0.05, 0) is 6.08 Å². The van der Waals surface area contributed by atoms with E-state index in [0.29, 0.717) is 0 Å². The van der Waals surface area contributed by atoms with Gasteiger partial charge in [0, 0.05) is 0 Å². The minimum absolute atomic E-state index is 0.152. The van der Waals surface area contributed by atoms with Gasteiger partial charge in [0.2, 0.25) is 5.91 Å². The molecule has 0 aromatic rings. The maximum absolute atomic E-state index is 10.6. The molecule has 0 spiro atoms. The molecule has 0 unspecified atom stereocenters. The smallest absolute Gasteiger partial charge is 0.259 e. The summed E-state index contributed by atoms with van der Waals surface area (Å²) < 4.78 is 0. The summed E-state index contributed by atoms with van der Waals surface area (Å²) in [6.45, 7) is 6.52. The van der Waals surface area contributed by atoms with Crippen molar-refractivity contribution >= 4 is 19.0 Å². The van der Waals surface area contributed by atoms with Gasteiger partial charge in [0.1, 0.15) is 0 Å². The lowest BCUT2D eigenvalue weighted by atomic mass is 9.78. The molecule has 0 aliphatic rings. The van der Waals surface area contributed by atoms with Crippen LogP contribution in [0.1, 0.15) is 0 Å². The maximum atomic E-state index is 10.6. The number of carbonyl (C=O) groups is 2. The fraction of sp³-hybridized carbons (Fsp3) is 0. The van der Waals surface area contributed by atoms with E-state index in [1.54, 1.807) is 0 Å². The lowest BCUT2D eigenvalue weighted by Gasteiger charge is -1.94. The first-order chi connectivity index (χ1) is 4.70. The van der Waals surface area contributed by atoms with Crippen LogP contribution in [-0.4, -0.2) is 19.0 Å². The van der Waals surface area contributed by atoms with Gasteiger partial charge in [-0.15, -0.1) is 12.6 Å². The summed E-state index contributed by atoms with van der Waals surface area (Å²) >= 11 is 0. The number of amides is 2. The van der Waals surface area contributed by atoms with Crippen molar-refractivity contribution in [3.63, 3.8) is 0 Å².